The van der Waals surface area contributed by atoms with Gasteiger partial charge in [0.15, 0.2) is 0 Å². The van der Waals surface area contributed by atoms with Crippen molar-refractivity contribution in [2.24, 2.45) is 0 Å². The standard InChI is InChI=1S/C8H9AsO2/c1-5-3-4-9-7(6(5)2)8(10)11/h3-4H,1-2H3,(H,10,11). The van der Waals surface area contributed by atoms with Crippen molar-refractivity contribution in [1.29, 1.82) is 0 Å². The summed E-state index contributed by atoms with van der Waals surface area (Å²) in [6.07, 6.45) is 2.00. The summed E-state index contributed by atoms with van der Waals surface area (Å²) in [6.45, 7) is 3.81. The quantitative estimate of drug-likeness (QED) is 0.653. The first-order valence-electron chi connectivity index (χ1n) is 3.28. The third kappa shape index (κ3) is 1.69. The van der Waals surface area contributed by atoms with E-state index in [1.807, 2.05) is 24.8 Å². The molecule has 0 bridgehead atoms. The Morgan fingerprint density at radius 2 is 2.18 bits per heavy atom. The monoisotopic (exact) mass is 212 g/mol. The fraction of sp³-hybridized carbons (Fsp3) is 0.250. The van der Waals surface area contributed by atoms with E-state index in [0.29, 0.717) is 4.30 Å². The molecular weight excluding hydrogens is 203 g/mol. The topological polar surface area (TPSA) is 37.3 Å². The summed E-state index contributed by atoms with van der Waals surface area (Å²) in [5, 5.41) is 8.74. The van der Waals surface area contributed by atoms with Crippen molar-refractivity contribution in [3.05, 3.63) is 22.1 Å². The van der Waals surface area contributed by atoms with Crippen LogP contribution in [0.5, 0.6) is 0 Å². The molecule has 0 radical (unpaired) electrons. The summed E-state index contributed by atoms with van der Waals surface area (Å²) in [6, 6.07) is 0. The van der Waals surface area contributed by atoms with Crippen LogP contribution >= 0.6 is 0 Å². The Bertz CT molecular complexity index is 284. The zero-order valence-electron chi connectivity index (χ0n) is 6.46. The predicted molar refractivity (Wildman–Crippen MR) is 45.9 cm³/mol. The summed E-state index contributed by atoms with van der Waals surface area (Å²) in [5.41, 5.74) is 2.02. The molecule has 1 heterocycles. The van der Waals surface area contributed by atoms with Gasteiger partial charge in [0.1, 0.15) is 0 Å². The van der Waals surface area contributed by atoms with Gasteiger partial charge in [-0.2, -0.15) is 0 Å². The number of aliphatic carboxylic acids is 1. The van der Waals surface area contributed by atoms with Gasteiger partial charge in [-0.3, -0.25) is 0 Å². The molecule has 1 aliphatic heterocycles. The SMILES string of the molecule is CC1=C(C)C(C(=O)O)=[As]C=C1. The van der Waals surface area contributed by atoms with E-state index >= 15 is 0 Å². The first-order chi connectivity index (χ1) is 5.13. The van der Waals surface area contributed by atoms with E-state index in [2.05, 4.69) is 0 Å². The summed E-state index contributed by atoms with van der Waals surface area (Å²) >= 11 is -0.242. The van der Waals surface area contributed by atoms with Crippen LogP contribution in [0.15, 0.2) is 22.1 Å². The Hall–Kier alpha value is -0.622. The molecule has 0 fully saturated rings. The molecule has 0 unspecified atom stereocenters. The van der Waals surface area contributed by atoms with Gasteiger partial charge < -0.3 is 0 Å². The molecule has 1 rings (SSSR count). The number of carboxylic acid groups (broad SMARTS) is 1. The molecule has 1 N–H and O–H groups in total. The molecule has 0 aromatic carbocycles. The Labute approximate surface area is 71.8 Å². The normalized spacial score (nSPS) is 18.2. The van der Waals surface area contributed by atoms with Crippen molar-refractivity contribution in [1.82, 2.24) is 0 Å². The van der Waals surface area contributed by atoms with Crippen LogP contribution < -0.4 is 0 Å². The second kappa shape index (κ2) is 3.18. The van der Waals surface area contributed by atoms with Gasteiger partial charge in [0.2, 0.25) is 0 Å². The van der Waals surface area contributed by atoms with Crippen molar-refractivity contribution < 1.29 is 9.90 Å². The molecule has 0 aromatic heterocycles. The van der Waals surface area contributed by atoms with E-state index in [9.17, 15) is 4.79 Å². The molecular formula is C8H9AsO2. The molecule has 3 heteroatoms. The van der Waals surface area contributed by atoms with E-state index in [4.69, 9.17) is 5.11 Å². The van der Waals surface area contributed by atoms with Crippen molar-refractivity contribution in [3.8, 4) is 0 Å². The minimum absolute atomic E-state index is 0.242. The number of carbonyl (C=O) groups is 1. The van der Waals surface area contributed by atoms with E-state index in [1.165, 1.54) is 0 Å². The van der Waals surface area contributed by atoms with Crippen LogP contribution in [0.3, 0.4) is 0 Å². The average Bonchev–Trinajstić information content (AvgIpc) is 1.94. The van der Waals surface area contributed by atoms with Crippen molar-refractivity contribution in [2.45, 2.75) is 13.8 Å². The van der Waals surface area contributed by atoms with Crippen LogP contribution in [0.2, 0.25) is 0 Å². The fourth-order valence-corrected chi connectivity index (χ4v) is 2.79. The third-order valence-electron chi connectivity index (χ3n) is 1.68. The maximum atomic E-state index is 10.6. The molecule has 0 aromatic rings. The molecule has 0 aliphatic carbocycles. The summed E-state index contributed by atoms with van der Waals surface area (Å²) in [5.74, 6) is -0.758. The van der Waals surface area contributed by atoms with Gasteiger partial charge in [0.05, 0.1) is 0 Å². The molecule has 0 saturated heterocycles. The van der Waals surface area contributed by atoms with Gasteiger partial charge in [-0.25, -0.2) is 0 Å². The van der Waals surface area contributed by atoms with E-state index in [1.54, 1.807) is 0 Å². The molecule has 0 spiro atoms. The van der Waals surface area contributed by atoms with E-state index in [0.717, 1.165) is 11.1 Å². The summed E-state index contributed by atoms with van der Waals surface area (Å²) in [4.78, 5) is 12.6. The number of hydrogen-bond donors (Lipinski definition) is 1. The molecule has 58 valence electrons. The van der Waals surface area contributed by atoms with Crippen molar-refractivity contribution >= 4 is 25.6 Å². The third-order valence-corrected chi connectivity index (χ3v) is 3.95. The first kappa shape index (κ1) is 8.47. The van der Waals surface area contributed by atoms with Gasteiger partial charge in [-0.05, 0) is 0 Å². The first-order valence-corrected chi connectivity index (χ1v) is 5.30. The average molecular weight is 212 g/mol. The van der Waals surface area contributed by atoms with Gasteiger partial charge in [-0.1, -0.05) is 0 Å². The Kier molecular flexibility index (Phi) is 2.45. The van der Waals surface area contributed by atoms with Crippen LogP contribution in [0.25, 0.3) is 0 Å². The van der Waals surface area contributed by atoms with Crippen LogP contribution in [0.4, 0.5) is 0 Å². The molecule has 2 nitrogen and oxygen atoms in total. The Morgan fingerprint density at radius 3 is 2.64 bits per heavy atom. The minimum atomic E-state index is -0.758. The second-order valence-corrected chi connectivity index (χ2v) is 4.51. The van der Waals surface area contributed by atoms with Crippen molar-refractivity contribution in [2.75, 3.05) is 0 Å². The number of rotatable bonds is 1. The molecule has 0 saturated carbocycles. The summed E-state index contributed by atoms with van der Waals surface area (Å²) in [7, 11) is 0. The van der Waals surface area contributed by atoms with E-state index in [-0.39, 0.29) is 15.3 Å². The second-order valence-electron chi connectivity index (χ2n) is 2.41. The predicted octanol–water partition coefficient (Wildman–Crippen LogP) is 0.811. The number of carboxylic acids is 1. The molecule has 1 aliphatic rings. The Morgan fingerprint density at radius 1 is 1.55 bits per heavy atom. The Balaban J connectivity index is 3.11. The molecule has 0 amide bonds. The zero-order valence-corrected chi connectivity index (χ0v) is 8.33. The molecule has 0 atom stereocenters. The van der Waals surface area contributed by atoms with E-state index < -0.39 is 5.97 Å². The van der Waals surface area contributed by atoms with Crippen LogP contribution in [-0.2, 0) is 4.79 Å². The molecule has 11 heavy (non-hydrogen) atoms. The van der Waals surface area contributed by atoms with Gasteiger partial charge in [0.25, 0.3) is 0 Å². The number of hydrogen-bond acceptors (Lipinski definition) is 1. The van der Waals surface area contributed by atoms with Crippen LogP contribution in [-0.4, -0.2) is 30.7 Å². The van der Waals surface area contributed by atoms with Gasteiger partial charge >= 0.3 is 71.4 Å². The fourth-order valence-electron chi connectivity index (χ4n) is 0.848. The maximum absolute atomic E-state index is 10.6. The van der Waals surface area contributed by atoms with Crippen molar-refractivity contribution in [3.63, 3.8) is 0 Å². The van der Waals surface area contributed by atoms with Gasteiger partial charge in [-0.15, -0.1) is 0 Å². The summed E-state index contributed by atoms with van der Waals surface area (Å²) < 4.78 is 0.612. The van der Waals surface area contributed by atoms with Crippen LogP contribution in [0.1, 0.15) is 13.8 Å². The van der Waals surface area contributed by atoms with Crippen LogP contribution in [0, 0.1) is 0 Å². The number of allylic oxidation sites excluding steroid dienone is 2. The zero-order chi connectivity index (χ0) is 8.43. The van der Waals surface area contributed by atoms with Gasteiger partial charge in [0, 0.05) is 0 Å².